The highest BCUT2D eigenvalue weighted by Crippen LogP contribution is 2.42. The van der Waals surface area contributed by atoms with Crippen LogP contribution < -0.4 is 0 Å². The Labute approximate surface area is 168 Å². The van der Waals surface area contributed by atoms with Crippen molar-refractivity contribution < 1.29 is 32.5 Å². The smallest absolute Gasteiger partial charge is 0.475 e. The summed E-state index contributed by atoms with van der Waals surface area (Å²) in [4.78, 5) is 11.4. The highest BCUT2D eigenvalue weighted by molar-refractivity contribution is 5.73. The van der Waals surface area contributed by atoms with Crippen molar-refractivity contribution in [2.75, 3.05) is 32.9 Å². The first-order valence-electron chi connectivity index (χ1n) is 9.88. The Morgan fingerprint density at radius 1 is 1.41 bits per heavy atom. The molecule has 2 saturated heterocycles. The van der Waals surface area contributed by atoms with Gasteiger partial charge in [-0.25, -0.2) is 4.79 Å². The number of aryl methyl sites for hydroxylation is 1. The van der Waals surface area contributed by atoms with Crippen LogP contribution in [0.15, 0.2) is 12.4 Å². The number of hydrogen-bond acceptors (Lipinski definition) is 5. The van der Waals surface area contributed by atoms with Crippen LogP contribution in [0.4, 0.5) is 13.2 Å². The van der Waals surface area contributed by atoms with Gasteiger partial charge in [0, 0.05) is 58.3 Å². The normalized spacial score (nSPS) is 21.8. The lowest BCUT2D eigenvalue weighted by Gasteiger charge is -2.42. The van der Waals surface area contributed by atoms with E-state index >= 15 is 0 Å². The zero-order chi connectivity index (χ0) is 21.5. The van der Waals surface area contributed by atoms with Crippen molar-refractivity contribution in [3.05, 3.63) is 18.0 Å². The summed E-state index contributed by atoms with van der Waals surface area (Å²) < 4.78 is 45.4. The molecule has 0 aliphatic carbocycles. The predicted octanol–water partition coefficient (Wildman–Crippen LogP) is 2.85. The van der Waals surface area contributed by atoms with Gasteiger partial charge >= 0.3 is 12.1 Å². The Kier molecular flexibility index (Phi) is 8.47. The number of nitrogens with zero attached hydrogens (tertiary/aromatic N) is 3. The minimum atomic E-state index is -5.08. The average molecular weight is 421 g/mol. The number of alkyl halides is 3. The average Bonchev–Trinajstić information content (AvgIpc) is 3.24. The zero-order valence-corrected chi connectivity index (χ0v) is 17.0. The molecule has 0 radical (unpaired) electrons. The molecule has 1 unspecified atom stereocenters. The maximum atomic E-state index is 10.6. The highest BCUT2D eigenvalue weighted by Gasteiger charge is 2.45. The SMILES string of the molecule is CCOCCC1CCOC12CCN(Cc1cnn(C)c1)CC2.O=C(O)C(F)(F)F. The van der Waals surface area contributed by atoms with Gasteiger partial charge in [0.05, 0.1) is 11.8 Å². The molecular formula is C19H30F3N3O4. The van der Waals surface area contributed by atoms with Gasteiger partial charge in [-0.2, -0.15) is 18.3 Å². The molecule has 7 nitrogen and oxygen atoms in total. The lowest BCUT2D eigenvalue weighted by molar-refractivity contribution is -0.192. The molecule has 0 aromatic carbocycles. The van der Waals surface area contributed by atoms with Crippen LogP contribution in [0.3, 0.4) is 0 Å². The van der Waals surface area contributed by atoms with E-state index in [1.807, 2.05) is 17.9 Å². The van der Waals surface area contributed by atoms with Crippen molar-refractivity contribution in [3.63, 3.8) is 0 Å². The van der Waals surface area contributed by atoms with Gasteiger partial charge in [-0.15, -0.1) is 0 Å². The van der Waals surface area contributed by atoms with Gasteiger partial charge in [0.2, 0.25) is 0 Å². The molecule has 166 valence electrons. The van der Waals surface area contributed by atoms with Gasteiger partial charge in [-0.1, -0.05) is 0 Å². The zero-order valence-electron chi connectivity index (χ0n) is 17.0. The van der Waals surface area contributed by atoms with Crippen molar-refractivity contribution >= 4 is 5.97 Å². The standard InChI is InChI=1S/C17H29N3O2.C2HF3O2/c1-3-21-10-4-16-5-11-22-17(16)6-8-20(9-7-17)14-15-12-18-19(2)13-15;3-2(4,5)1(6)7/h12-13,16H,3-11,14H2,1-2H3;(H,6,7). The molecule has 1 atom stereocenters. The summed E-state index contributed by atoms with van der Waals surface area (Å²) in [5.41, 5.74) is 1.43. The molecule has 3 rings (SSSR count). The number of rotatable bonds is 6. The van der Waals surface area contributed by atoms with Gasteiger partial charge in [-0.05, 0) is 38.5 Å². The molecular weight excluding hydrogens is 391 g/mol. The van der Waals surface area contributed by atoms with Crippen molar-refractivity contribution in [2.45, 2.75) is 50.9 Å². The molecule has 10 heteroatoms. The molecule has 29 heavy (non-hydrogen) atoms. The van der Waals surface area contributed by atoms with E-state index in [2.05, 4.69) is 23.1 Å². The first-order chi connectivity index (χ1) is 13.7. The summed E-state index contributed by atoms with van der Waals surface area (Å²) in [6, 6.07) is 0. The molecule has 1 aromatic rings. The number of halogens is 3. The maximum absolute atomic E-state index is 10.6. The van der Waals surface area contributed by atoms with E-state index in [4.69, 9.17) is 19.4 Å². The fraction of sp³-hybridized carbons (Fsp3) is 0.789. The fourth-order valence-electron chi connectivity index (χ4n) is 4.02. The van der Waals surface area contributed by atoms with E-state index in [1.165, 1.54) is 12.0 Å². The summed E-state index contributed by atoms with van der Waals surface area (Å²) in [5.74, 6) is -2.08. The number of aromatic nitrogens is 2. The monoisotopic (exact) mass is 421 g/mol. The molecule has 1 aromatic heterocycles. The Balaban J connectivity index is 0.000000370. The number of ether oxygens (including phenoxy) is 2. The second-order valence-electron chi connectivity index (χ2n) is 7.49. The van der Waals surface area contributed by atoms with Crippen LogP contribution in [0, 0.1) is 5.92 Å². The van der Waals surface area contributed by atoms with Gasteiger partial charge in [0.15, 0.2) is 0 Å². The number of piperidine rings is 1. The van der Waals surface area contributed by atoms with Crippen LogP contribution >= 0.6 is 0 Å². The third-order valence-electron chi connectivity index (χ3n) is 5.52. The Hall–Kier alpha value is -1.65. The van der Waals surface area contributed by atoms with Gasteiger partial charge in [0.1, 0.15) is 0 Å². The summed E-state index contributed by atoms with van der Waals surface area (Å²) in [6.45, 7) is 7.95. The van der Waals surface area contributed by atoms with E-state index in [9.17, 15) is 13.2 Å². The van der Waals surface area contributed by atoms with Gasteiger partial charge in [0.25, 0.3) is 0 Å². The van der Waals surface area contributed by atoms with E-state index in [-0.39, 0.29) is 5.60 Å². The molecule has 2 fully saturated rings. The Bertz CT molecular complexity index is 643. The number of hydrogen-bond donors (Lipinski definition) is 1. The molecule has 0 amide bonds. The minimum absolute atomic E-state index is 0.128. The first-order valence-corrected chi connectivity index (χ1v) is 9.88. The topological polar surface area (TPSA) is 76.8 Å². The Morgan fingerprint density at radius 2 is 2.07 bits per heavy atom. The third kappa shape index (κ3) is 6.97. The van der Waals surface area contributed by atoms with Crippen molar-refractivity contribution in [3.8, 4) is 0 Å². The number of likely N-dealkylation sites (tertiary alicyclic amines) is 1. The Morgan fingerprint density at radius 3 is 2.59 bits per heavy atom. The van der Waals surface area contributed by atoms with Crippen molar-refractivity contribution in [2.24, 2.45) is 13.0 Å². The van der Waals surface area contributed by atoms with Crippen LogP contribution in [0.25, 0.3) is 0 Å². The van der Waals surface area contributed by atoms with E-state index in [1.54, 1.807) is 0 Å². The fourth-order valence-corrected chi connectivity index (χ4v) is 4.02. The number of carboxylic acids is 1. The quantitative estimate of drug-likeness (QED) is 0.712. The molecule has 3 heterocycles. The van der Waals surface area contributed by atoms with Gasteiger partial charge in [-0.3, -0.25) is 9.58 Å². The summed E-state index contributed by atoms with van der Waals surface area (Å²) >= 11 is 0. The lowest BCUT2D eigenvalue weighted by Crippen LogP contribution is -2.47. The molecule has 0 saturated carbocycles. The van der Waals surface area contributed by atoms with Crippen LogP contribution in [-0.2, 0) is 27.9 Å². The molecule has 1 N–H and O–H groups in total. The summed E-state index contributed by atoms with van der Waals surface area (Å²) in [7, 11) is 1.98. The summed E-state index contributed by atoms with van der Waals surface area (Å²) in [5, 5.41) is 11.4. The van der Waals surface area contributed by atoms with Crippen LogP contribution in [0.1, 0.15) is 38.2 Å². The highest BCUT2D eigenvalue weighted by atomic mass is 19.4. The number of carboxylic acid groups (broad SMARTS) is 1. The number of carbonyl (C=O) groups is 1. The minimum Gasteiger partial charge on any atom is -0.475 e. The maximum Gasteiger partial charge on any atom is 0.490 e. The summed E-state index contributed by atoms with van der Waals surface area (Å²) in [6.07, 6.45) is 3.67. The molecule has 2 aliphatic heterocycles. The molecule has 2 aliphatic rings. The predicted molar refractivity (Wildman–Crippen MR) is 99.3 cm³/mol. The molecule has 0 bridgehead atoms. The third-order valence-corrected chi connectivity index (χ3v) is 5.52. The van der Waals surface area contributed by atoms with Gasteiger partial charge < -0.3 is 14.6 Å². The second-order valence-corrected chi connectivity index (χ2v) is 7.49. The van der Waals surface area contributed by atoms with Crippen molar-refractivity contribution in [1.29, 1.82) is 0 Å². The van der Waals surface area contributed by atoms with E-state index in [0.717, 1.165) is 58.7 Å². The van der Waals surface area contributed by atoms with E-state index in [0.29, 0.717) is 5.92 Å². The second kappa shape index (κ2) is 10.4. The first kappa shape index (κ1) is 23.6. The van der Waals surface area contributed by atoms with Crippen LogP contribution in [0.2, 0.25) is 0 Å². The van der Waals surface area contributed by atoms with Crippen LogP contribution in [0.5, 0.6) is 0 Å². The number of aliphatic carboxylic acids is 1. The molecule has 1 spiro atoms. The van der Waals surface area contributed by atoms with Crippen LogP contribution in [-0.4, -0.2) is 70.4 Å². The lowest BCUT2D eigenvalue weighted by atomic mass is 9.78. The van der Waals surface area contributed by atoms with E-state index < -0.39 is 12.1 Å². The largest absolute Gasteiger partial charge is 0.490 e. The van der Waals surface area contributed by atoms with Crippen molar-refractivity contribution in [1.82, 2.24) is 14.7 Å².